The predicted molar refractivity (Wildman–Crippen MR) is 83.7 cm³/mol. The minimum absolute atomic E-state index is 0.0841. The summed E-state index contributed by atoms with van der Waals surface area (Å²) < 4.78 is 26.9. The van der Waals surface area contributed by atoms with Gasteiger partial charge in [-0.05, 0) is 19.0 Å². The molecule has 1 aromatic rings. The highest BCUT2D eigenvalue weighted by molar-refractivity contribution is 5.79. The van der Waals surface area contributed by atoms with Crippen LogP contribution in [0.4, 0.5) is 8.78 Å². The molecule has 0 aliphatic rings. The van der Waals surface area contributed by atoms with Crippen LogP contribution in [0.3, 0.4) is 0 Å². The minimum Gasteiger partial charge on any atom is -0.355 e. The topological polar surface area (TPSA) is 70.2 Å². The Labute approximate surface area is 134 Å². The molecule has 0 aromatic heterocycles. The quantitative estimate of drug-likeness (QED) is 0.604. The Balaban J connectivity index is 2.64. The molecule has 1 unspecified atom stereocenters. The molecule has 0 radical (unpaired) electrons. The smallest absolute Gasteiger partial charge is 0.222 e. The second kappa shape index (κ2) is 9.89. The second-order valence-corrected chi connectivity index (χ2v) is 5.22. The van der Waals surface area contributed by atoms with Crippen molar-refractivity contribution in [2.24, 2.45) is 0 Å². The molecular formula is C16H23F2N3O2. The molecule has 1 aromatic carbocycles. The fraction of sp³-hybridized carbons (Fsp3) is 0.500. The molecule has 0 heterocycles. The molecule has 0 fully saturated rings. The van der Waals surface area contributed by atoms with E-state index >= 15 is 0 Å². The van der Waals surface area contributed by atoms with Gasteiger partial charge in [-0.25, -0.2) is 8.78 Å². The Morgan fingerprint density at radius 2 is 1.91 bits per heavy atom. The van der Waals surface area contributed by atoms with Gasteiger partial charge in [0.05, 0.1) is 12.5 Å². The average Bonchev–Trinajstić information content (AvgIpc) is 2.46. The van der Waals surface area contributed by atoms with Gasteiger partial charge >= 0.3 is 0 Å². The van der Waals surface area contributed by atoms with E-state index < -0.39 is 23.6 Å². The molecule has 0 aliphatic carbocycles. The number of hydrogen-bond donors (Lipinski definition) is 3. The number of amides is 2. The van der Waals surface area contributed by atoms with Crippen molar-refractivity contribution in [2.75, 3.05) is 19.6 Å². The Hall–Kier alpha value is -2.02. The van der Waals surface area contributed by atoms with E-state index in [0.717, 1.165) is 25.1 Å². The highest BCUT2D eigenvalue weighted by atomic mass is 19.1. The van der Waals surface area contributed by atoms with Gasteiger partial charge in [-0.2, -0.15) is 0 Å². The SMILES string of the molecule is CCCNCCNC(=O)CC(NC(C)=O)c1ccc(F)cc1F. The van der Waals surface area contributed by atoms with Gasteiger partial charge in [-0.15, -0.1) is 0 Å². The molecule has 0 bridgehead atoms. The van der Waals surface area contributed by atoms with Crippen LogP contribution < -0.4 is 16.0 Å². The van der Waals surface area contributed by atoms with Gasteiger partial charge in [-0.3, -0.25) is 9.59 Å². The predicted octanol–water partition coefficient (Wildman–Crippen LogP) is 1.65. The summed E-state index contributed by atoms with van der Waals surface area (Å²) in [5.74, 6) is -2.21. The summed E-state index contributed by atoms with van der Waals surface area (Å²) in [7, 11) is 0. The van der Waals surface area contributed by atoms with Crippen molar-refractivity contribution >= 4 is 11.8 Å². The maximum Gasteiger partial charge on any atom is 0.222 e. The fourth-order valence-electron chi connectivity index (χ4n) is 2.12. The van der Waals surface area contributed by atoms with Crippen LogP contribution in [0.1, 0.15) is 38.3 Å². The Kier molecular flexibility index (Phi) is 8.18. The maximum atomic E-state index is 13.9. The van der Waals surface area contributed by atoms with Crippen LogP contribution in [-0.2, 0) is 9.59 Å². The van der Waals surface area contributed by atoms with Gasteiger partial charge in [0, 0.05) is 31.6 Å². The fourth-order valence-corrected chi connectivity index (χ4v) is 2.12. The Morgan fingerprint density at radius 3 is 2.52 bits per heavy atom. The van der Waals surface area contributed by atoms with Gasteiger partial charge in [0.15, 0.2) is 0 Å². The highest BCUT2D eigenvalue weighted by Crippen LogP contribution is 2.21. The molecule has 0 saturated carbocycles. The van der Waals surface area contributed by atoms with Crippen LogP contribution in [0, 0.1) is 11.6 Å². The van der Waals surface area contributed by atoms with Crippen LogP contribution in [0.25, 0.3) is 0 Å². The summed E-state index contributed by atoms with van der Waals surface area (Å²) in [5, 5.41) is 8.35. The molecule has 0 saturated heterocycles. The van der Waals surface area contributed by atoms with Crippen LogP contribution in [0.5, 0.6) is 0 Å². The summed E-state index contributed by atoms with van der Waals surface area (Å²) in [6.07, 6.45) is 0.887. The lowest BCUT2D eigenvalue weighted by Gasteiger charge is -2.19. The monoisotopic (exact) mass is 327 g/mol. The van der Waals surface area contributed by atoms with Gasteiger partial charge in [0.1, 0.15) is 11.6 Å². The minimum atomic E-state index is -0.836. The number of carbonyl (C=O) groups excluding carboxylic acids is 2. The van der Waals surface area contributed by atoms with E-state index in [1.165, 1.54) is 13.0 Å². The normalized spacial score (nSPS) is 11.8. The summed E-state index contributed by atoms with van der Waals surface area (Å²) >= 11 is 0. The first-order valence-corrected chi connectivity index (χ1v) is 7.63. The van der Waals surface area contributed by atoms with E-state index in [-0.39, 0.29) is 17.9 Å². The molecule has 7 heteroatoms. The molecule has 2 amide bonds. The summed E-state index contributed by atoms with van der Waals surface area (Å²) in [4.78, 5) is 23.2. The van der Waals surface area contributed by atoms with Crippen molar-refractivity contribution in [2.45, 2.75) is 32.7 Å². The van der Waals surface area contributed by atoms with E-state index in [2.05, 4.69) is 16.0 Å². The van der Waals surface area contributed by atoms with E-state index in [4.69, 9.17) is 0 Å². The van der Waals surface area contributed by atoms with Crippen LogP contribution in [0.15, 0.2) is 18.2 Å². The first-order chi connectivity index (χ1) is 10.9. The molecule has 5 nitrogen and oxygen atoms in total. The second-order valence-electron chi connectivity index (χ2n) is 5.22. The molecule has 3 N–H and O–H groups in total. The lowest BCUT2D eigenvalue weighted by molar-refractivity contribution is -0.122. The van der Waals surface area contributed by atoms with Gasteiger partial charge in [0.2, 0.25) is 11.8 Å². The lowest BCUT2D eigenvalue weighted by Crippen LogP contribution is -2.36. The maximum absolute atomic E-state index is 13.9. The van der Waals surface area contributed by atoms with Gasteiger partial charge in [-0.1, -0.05) is 13.0 Å². The number of benzene rings is 1. The van der Waals surface area contributed by atoms with Crippen molar-refractivity contribution in [3.05, 3.63) is 35.4 Å². The third-order valence-electron chi connectivity index (χ3n) is 3.16. The van der Waals surface area contributed by atoms with Crippen LogP contribution in [-0.4, -0.2) is 31.4 Å². The van der Waals surface area contributed by atoms with Gasteiger partial charge < -0.3 is 16.0 Å². The largest absolute Gasteiger partial charge is 0.355 e. The van der Waals surface area contributed by atoms with Crippen LogP contribution in [0.2, 0.25) is 0 Å². The zero-order chi connectivity index (χ0) is 17.2. The Morgan fingerprint density at radius 1 is 1.17 bits per heavy atom. The third kappa shape index (κ3) is 7.19. The number of nitrogens with one attached hydrogen (secondary N) is 3. The molecule has 128 valence electrons. The van der Waals surface area contributed by atoms with Crippen molar-refractivity contribution < 1.29 is 18.4 Å². The van der Waals surface area contributed by atoms with Gasteiger partial charge in [0.25, 0.3) is 0 Å². The van der Waals surface area contributed by atoms with E-state index in [0.29, 0.717) is 13.1 Å². The van der Waals surface area contributed by atoms with Crippen molar-refractivity contribution in [3.8, 4) is 0 Å². The zero-order valence-corrected chi connectivity index (χ0v) is 13.4. The number of rotatable bonds is 9. The van der Waals surface area contributed by atoms with Crippen molar-refractivity contribution in [1.29, 1.82) is 0 Å². The number of hydrogen-bond acceptors (Lipinski definition) is 3. The molecule has 1 atom stereocenters. The first kappa shape index (κ1) is 19.0. The highest BCUT2D eigenvalue weighted by Gasteiger charge is 2.20. The third-order valence-corrected chi connectivity index (χ3v) is 3.16. The first-order valence-electron chi connectivity index (χ1n) is 7.63. The molecule has 23 heavy (non-hydrogen) atoms. The summed E-state index contributed by atoms with van der Waals surface area (Å²) in [5.41, 5.74) is 0.0841. The molecule has 0 aliphatic heterocycles. The van der Waals surface area contributed by atoms with Crippen LogP contribution >= 0.6 is 0 Å². The molecule has 0 spiro atoms. The van der Waals surface area contributed by atoms with Crippen molar-refractivity contribution in [1.82, 2.24) is 16.0 Å². The lowest BCUT2D eigenvalue weighted by atomic mass is 10.0. The number of halogens is 2. The van der Waals surface area contributed by atoms with E-state index in [1.54, 1.807) is 0 Å². The zero-order valence-electron chi connectivity index (χ0n) is 13.4. The number of carbonyl (C=O) groups is 2. The standard InChI is InChI=1S/C16H23F2N3O2/c1-3-6-19-7-8-20-16(23)10-15(21-11(2)22)13-5-4-12(17)9-14(13)18/h4-5,9,15,19H,3,6-8,10H2,1-2H3,(H,20,23)(H,21,22). The van der Waals surface area contributed by atoms with Crippen molar-refractivity contribution in [3.63, 3.8) is 0 Å². The van der Waals surface area contributed by atoms with E-state index in [1.807, 2.05) is 6.92 Å². The summed E-state index contributed by atoms with van der Waals surface area (Å²) in [6.45, 7) is 5.26. The average molecular weight is 327 g/mol. The molecule has 1 rings (SSSR count). The molecular weight excluding hydrogens is 304 g/mol. The summed E-state index contributed by atoms with van der Waals surface area (Å²) in [6, 6.07) is 2.23. The van der Waals surface area contributed by atoms with E-state index in [9.17, 15) is 18.4 Å². The Bertz CT molecular complexity index is 538.